The maximum absolute atomic E-state index is 10.4. The van der Waals surface area contributed by atoms with E-state index in [0.717, 1.165) is 13.1 Å². The molecule has 2 N–H and O–H groups in total. The molecule has 2 atom stereocenters. The average molecular weight is 337 g/mol. The van der Waals surface area contributed by atoms with Crippen LogP contribution in [0, 0.1) is 0 Å². The van der Waals surface area contributed by atoms with E-state index < -0.39 is 14.5 Å². The molecule has 2 unspecified atom stereocenters. The van der Waals surface area contributed by atoms with Crippen molar-refractivity contribution in [2.75, 3.05) is 19.7 Å². The van der Waals surface area contributed by atoms with Gasteiger partial charge in [0.1, 0.15) is 6.23 Å². The lowest BCUT2D eigenvalue weighted by Crippen LogP contribution is -2.59. The van der Waals surface area contributed by atoms with Crippen LogP contribution in [0.15, 0.2) is 30.3 Å². The van der Waals surface area contributed by atoms with Crippen molar-refractivity contribution in [1.29, 1.82) is 0 Å². The van der Waals surface area contributed by atoms with E-state index in [4.69, 9.17) is 4.43 Å². The highest BCUT2D eigenvalue weighted by Crippen LogP contribution is 2.36. The van der Waals surface area contributed by atoms with E-state index in [9.17, 15) is 5.11 Å². The monoisotopic (exact) mass is 336 g/mol. The maximum Gasteiger partial charge on any atom is 0.192 e. The summed E-state index contributed by atoms with van der Waals surface area (Å²) in [6.07, 6.45) is -0.461. The van der Waals surface area contributed by atoms with Gasteiger partial charge in [-0.3, -0.25) is 4.90 Å². The quantitative estimate of drug-likeness (QED) is 0.812. The number of rotatable bonds is 5. The van der Waals surface area contributed by atoms with E-state index in [1.165, 1.54) is 5.56 Å². The van der Waals surface area contributed by atoms with Crippen LogP contribution < -0.4 is 5.32 Å². The minimum atomic E-state index is -1.77. The first-order chi connectivity index (χ1) is 10.7. The molecule has 0 aliphatic carbocycles. The van der Waals surface area contributed by atoms with Crippen molar-refractivity contribution in [3.05, 3.63) is 35.9 Å². The van der Waals surface area contributed by atoms with Crippen molar-refractivity contribution in [2.45, 2.75) is 57.7 Å². The third kappa shape index (κ3) is 4.87. The van der Waals surface area contributed by atoms with Gasteiger partial charge < -0.3 is 14.8 Å². The largest absolute Gasteiger partial charge is 0.415 e. The second-order valence-corrected chi connectivity index (χ2v) is 12.8. The molecule has 0 bridgehead atoms. The molecule has 2 rings (SSSR count). The lowest BCUT2D eigenvalue weighted by atomic mass is 10.1. The first-order valence-electron chi connectivity index (χ1n) is 8.53. The average Bonchev–Trinajstić information content (AvgIpc) is 2.48. The van der Waals surface area contributed by atoms with Gasteiger partial charge in [0, 0.05) is 25.7 Å². The highest BCUT2D eigenvalue weighted by Gasteiger charge is 2.39. The molecule has 4 nitrogen and oxygen atoms in total. The summed E-state index contributed by atoms with van der Waals surface area (Å²) in [4.78, 5) is 2.17. The van der Waals surface area contributed by atoms with Crippen LogP contribution in [0.2, 0.25) is 18.1 Å². The molecular formula is C18H32N2O2Si. The van der Waals surface area contributed by atoms with Crippen molar-refractivity contribution in [3.63, 3.8) is 0 Å². The van der Waals surface area contributed by atoms with Crippen LogP contribution in [-0.4, -0.2) is 50.3 Å². The number of nitrogens with one attached hydrogen (secondary N) is 1. The van der Waals surface area contributed by atoms with Gasteiger partial charge in [-0.15, -0.1) is 0 Å². The molecule has 0 amide bonds. The first kappa shape index (κ1) is 18.6. The van der Waals surface area contributed by atoms with Crippen molar-refractivity contribution >= 4 is 8.32 Å². The SMILES string of the molecule is CC(C)(C)[Si](C)(C)OCC1CNCC(O)N1Cc1ccccc1. The Hall–Kier alpha value is -0.723. The van der Waals surface area contributed by atoms with Crippen LogP contribution in [0.3, 0.4) is 0 Å². The van der Waals surface area contributed by atoms with Crippen LogP contribution in [-0.2, 0) is 11.0 Å². The molecule has 1 aromatic carbocycles. The summed E-state index contributed by atoms with van der Waals surface area (Å²) in [6.45, 7) is 14.2. The third-order valence-corrected chi connectivity index (χ3v) is 9.71. The Kier molecular flexibility index (Phi) is 6.03. The number of hydrogen-bond donors (Lipinski definition) is 2. The minimum Gasteiger partial charge on any atom is -0.415 e. The van der Waals surface area contributed by atoms with Gasteiger partial charge in [-0.05, 0) is 23.7 Å². The molecule has 1 saturated heterocycles. The summed E-state index contributed by atoms with van der Waals surface area (Å²) >= 11 is 0. The van der Waals surface area contributed by atoms with Gasteiger partial charge >= 0.3 is 0 Å². The highest BCUT2D eigenvalue weighted by atomic mass is 28.4. The van der Waals surface area contributed by atoms with Crippen molar-refractivity contribution in [3.8, 4) is 0 Å². The molecule has 0 spiro atoms. The van der Waals surface area contributed by atoms with Gasteiger partial charge in [0.2, 0.25) is 0 Å². The number of benzene rings is 1. The van der Waals surface area contributed by atoms with E-state index in [0.29, 0.717) is 13.2 Å². The number of nitrogens with zero attached hydrogens (tertiary/aromatic N) is 1. The first-order valence-corrected chi connectivity index (χ1v) is 11.4. The number of aliphatic hydroxyl groups excluding tert-OH is 1. The van der Waals surface area contributed by atoms with Gasteiger partial charge in [0.05, 0.1) is 6.61 Å². The Bertz CT molecular complexity index is 488. The van der Waals surface area contributed by atoms with Gasteiger partial charge in [-0.1, -0.05) is 51.1 Å². The topological polar surface area (TPSA) is 44.7 Å². The molecule has 130 valence electrons. The lowest BCUT2D eigenvalue weighted by molar-refractivity contribution is -0.0623. The smallest absolute Gasteiger partial charge is 0.192 e. The number of β-amino-alcohol motifs (C(OH)–C–C–N with tert-alkyl or cyclic N) is 1. The molecule has 0 radical (unpaired) electrons. The molecule has 23 heavy (non-hydrogen) atoms. The molecule has 0 aromatic heterocycles. The summed E-state index contributed by atoms with van der Waals surface area (Å²) in [5, 5.41) is 13.9. The Balaban J connectivity index is 2.03. The summed E-state index contributed by atoms with van der Waals surface area (Å²) < 4.78 is 6.40. The molecular weight excluding hydrogens is 304 g/mol. The second-order valence-electron chi connectivity index (χ2n) is 8.02. The molecule has 5 heteroatoms. The molecule has 1 aliphatic heterocycles. The Morgan fingerprint density at radius 2 is 1.87 bits per heavy atom. The second kappa shape index (κ2) is 7.45. The fourth-order valence-electron chi connectivity index (χ4n) is 2.56. The van der Waals surface area contributed by atoms with Crippen LogP contribution in [0.1, 0.15) is 26.3 Å². The number of aliphatic hydroxyl groups is 1. The van der Waals surface area contributed by atoms with Crippen LogP contribution in [0.4, 0.5) is 0 Å². The third-order valence-electron chi connectivity index (χ3n) is 5.21. The minimum absolute atomic E-state index is 0.202. The van der Waals surface area contributed by atoms with Gasteiger partial charge in [-0.2, -0.15) is 0 Å². The van der Waals surface area contributed by atoms with Gasteiger partial charge in [0.25, 0.3) is 0 Å². The number of hydrogen-bond acceptors (Lipinski definition) is 4. The van der Waals surface area contributed by atoms with Crippen molar-refractivity contribution in [2.24, 2.45) is 0 Å². The summed E-state index contributed by atoms with van der Waals surface area (Å²) in [6, 6.07) is 10.5. The Morgan fingerprint density at radius 3 is 2.48 bits per heavy atom. The van der Waals surface area contributed by atoms with Gasteiger partial charge in [-0.25, -0.2) is 0 Å². The normalized spacial score (nSPS) is 23.9. The molecule has 1 heterocycles. The zero-order valence-electron chi connectivity index (χ0n) is 15.2. The van der Waals surface area contributed by atoms with Gasteiger partial charge in [0.15, 0.2) is 8.32 Å². The summed E-state index contributed by atoms with van der Waals surface area (Å²) in [5.41, 5.74) is 1.23. The maximum atomic E-state index is 10.4. The van der Waals surface area contributed by atoms with E-state index in [1.54, 1.807) is 0 Å². The fourth-order valence-corrected chi connectivity index (χ4v) is 3.60. The predicted octanol–water partition coefficient (Wildman–Crippen LogP) is 2.80. The Labute approximate surface area is 142 Å². The molecule has 1 aliphatic rings. The summed E-state index contributed by atoms with van der Waals surface area (Å²) in [5.74, 6) is 0. The van der Waals surface area contributed by atoms with Crippen LogP contribution >= 0.6 is 0 Å². The zero-order valence-corrected chi connectivity index (χ0v) is 16.2. The van der Waals surface area contributed by atoms with Crippen LogP contribution in [0.25, 0.3) is 0 Å². The summed E-state index contributed by atoms with van der Waals surface area (Å²) in [7, 11) is -1.77. The lowest BCUT2D eigenvalue weighted by Gasteiger charge is -2.43. The molecule has 0 saturated carbocycles. The van der Waals surface area contributed by atoms with E-state index in [2.05, 4.69) is 56.2 Å². The van der Waals surface area contributed by atoms with Crippen molar-refractivity contribution < 1.29 is 9.53 Å². The molecule has 1 aromatic rings. The fraction of sp³-hybridized carbons (Fsp3) is 0.667. The van der Waals surface area contributed by atoms with Crippen molar-refractivity contribution in [1.82, 2.24) is 10.2 Å². The van der Waals surface area contributed by atoms with E-state index in [-0.39, 0.29) is 11.1 Å². The molecule has 1 fully saturated rings. The standard InChI is InChI=1S/C18H32N2O2Si/c1-18(2,3)23(4,5)22-14-16-11-19-12-17(21)20(16)13-15-9-7-6-8-10-15/h6-10,16-17,19,21H,11-14H2,1-5H3. The van der Waals surface area contributed by atoms with E-state index >= 15 is 0 Å². The highest BCUT2D eigenvalue weighted by molar-refractivity contribution is 6.74. The Morgan fingerprint density at radius 1 is 1.22 bits per heavy atom. The van der Waals surface area contributed by atoms with Crippen LogP contribution in [0.5, 0.6) is 0 Å². The zero-order chi connectivity index (χ0) is 17.1. The predicted molar refractivity (Wildman–Crippen MR) is 97.8 cm³/mol. The van der Waals surface area contributed by atoms with E-state index in [1.807, 2.05) is 18.2 Å². The number of piperazine rings is 1.